The SMILES string of the molecule is CCc1cc(C(=O)N2CCC[C@H]2CCc2ccncc2)no1. The van der Waals surface area contributed by atoms with E-state index in [0.717, 1.165) is 44.4 Å². The van der Waals surface area contributed by atoms with Crippen molar-refractivity contribution in [2.24, 2.45) is 0 Å². The van der Waals surface area contributed by atoms with Crippen LogP contribution in [-0.2, 0) is 12.8 Å². The van der Waals surface area contributed by atoms with Crippen molar-refractivity contribution >= 4 is 5.91 Å². The molecule has 0 unspecified atom stereocenters. The molecule has 1 aliphatic heterocycles. The van der Waals surface area contributed by atoms with Crippen LogP contribution in [0, 0.1) is 0 Å². The van der Waals surface area contributed by atoms with Gasteiger partial charge in [-0.25, -0.2) is 0 Å². The first kappa shape index (κ1) is 14.8. The molecule has 3 heterocycles. The second-order valence-electron chi connectivity index (χ2n) is 5.72. The van der Waals surface area contributed by atoms with Crippen molar-refractivity contribution in [2.45, 2.75) is 45.1 Å². The third-order valence-electron chi connectivity index (χ3n) is 4.28. The quantitative estimate of drug-likeness (QED) is 0.852. The summed E-state index contributed by atoms with van der Waals surface area (Å²) >= 11 is 0. The van der Waals surface area contributed by atoms with E-state index in [1.807, 2.05) is 36.4 Å². The molecule has 0 N–H and O–H groups in total. The van der Waals surface area contributed by atoms with Gasteiger partial charge in [0.25, 0.3) is 5.91 Å². The molecule has 3 rings (SSSR count). The van der Waals surface area contributed by atoms with Gasteiger partial charge in [0, 0.05) is 37.5 Å². The molecule has 1 atom stereocenters. The summed E-state index contributed by atoms with van der Waals surface area (Å²) in [6, 6.07) is 6.13. The predicted molar refractivity (Wildman–Crippen MR) is 82.5 cm³/mol. The van der Waals surface area contributed by atoms with Gasteiger partial charge in [-0.15, -0.1) is 0 Å². The van der Waals surface area contributed by atoms with E-state index in [9.17, 15) is 4.79 Å². The Morgan fingerprint density at radius 1 is 1.41 bits per heavy atom. The topological polar surface area (TPSA) is 59.2 Å². The van der Waals surface area contributed by atoms with Crippen LogP contribution in [-0.4, -0.2) is 33.5 Å². The molecule has 1 saturated heterocycles. The lowest BCUT2D eigenvalue weighted by molar-refractivity contribution is 0.0720. The van der Waals surface area contributed by atoms with Crippen molar-refractivity contribution < 1.29 is 9.32 Å². The van der Waals surface area contributed by atoms with E-state index in [4.69, 9.17) is 4.52 Å². The van der Waals surface area contributed by atoms with Crippen LogP contribution in [0.2, 0.25) is 0 Å². The fourth-order valence-electron chi connectivity index (χ4n) is 3.01. The second kappa shape index (κ2) is 6.73. The van der Waals surface area contributed by atoms with Gasteiger partial charge in [-0.2, -0.15) is 0 Å². The number of hydrogen-bond acceptors (Lipinski definition) is 4. The summed E-state index contributed by atoms with van der Waals surface area (Å²) in [5.74, 6) is 0.761. The van der Waals surface area contributed by atoms with E-state index in [-0.39, 0.29) is 5.91 Å². The molecule has 1 aliphatic rings. The fourth-order valence-corrected chi connectivity index (χ4v) is 3.01. The Balaban J connectivity index is 1.63. The third kappa shape index (κ3) is 3.18. The molecule has 1 amide bonds. The fraction of sp³-hybridized carbons (Fsp3) is 0.471. The molecule has 5 nitrogen and oxygen atoms in total. The van der Waals surface area contributed by atoms with Crippen LogP contribution >= 0.6 is 0 Å². The lowest BCUT2D eigenvalue weighted by Gasteiger charge is -2.23. The first-order valence-corrected chi connectivity index (χ1v) is 7.93. The standard InChI is InChI=1S/C17H21N3O2/c1-2-15-12-16(19-22-15)17(21)20-11-3-4-14(20)6-5-13-7-9-18-10-8-13/h7-10,12,14H,2-6,11H2,1H3/t14-/m0/s1. The molecular formula is C17H21N3O2. The van der Waals surface area contributed by atoms with Crippen LogP contribution in [0.15, 0.2) is 35.1 Å². The van der Waals surface area contributed by atoms with Crippen molar-refractivity contribution in [1.82, 2.24) is 15.0 Å². The van der Waals surface area contributed by atoms with Crippen molar-refractivity contribution in [1.29, 1.82) is 0 Å². The number of rotatable bonds is 5. The highest BCUT2D eigenvalue weighted by atomic mass is 16.5. The molecule has 5 heteroatoms. The molecule has 22 heavy (non-hydrogen) atoms. The zero-order valence-corrected chi connectivity index (χ0v) is 12.9. The molecule has 2 aromatic heterocycles. The van der Waals surface area contributed by atoms with Crippen LogP contribution < -0.4 is 0 Å². The van der Waals surface area contributed by atoms with Crippen molar-refractivity contribution in [3.8, 4) is 0 Å². The molecule has 0 saturated carbocycles. The lowest BCUT2D eigenvalue weighted by Crippen LogP contribution is -2.36. The number of nitrogens with zero attached hydrogens (tertiary/aromatic N) is 3. The van der Waals surface area contributed by atoms with Gasteiger partial charge in [0.05, 0.1) is 0 Å². The van der Waals surface area contributed by atoms with Crippen LogP contribution in [0.5, 0.6) is 0 Å². The molecule has 0 bridgehead atoms. The minimum absolute atomic E-state index is 0.000628. The van der Waals surface area contributed by atoms with Crippen LogP contribution in [0.3, 0.4) is 0 Å². The predicted octanol–water partition coefficient (Wildman–Crippen LogP) is 2.87. The minimum atomic E-state index is 0.000628. The van der Waals surface area contributed by atoms with Gasteiger partial charge >= 0.3 is 0 Å². The van der Waals surface area contributed by atoms with E-state index in [1.54, 1.807) is 6.07 Å². The maximum Gasteiger partial charge on any atom is 0.276 e. The normalized spacial score (nSPS) is 17.9. The number of aromatic nitrogens is 2. The minimum Gasteiger partial charge on any atom is -0.361 e. The number of aryl methyl sites for hydroxylation is 2. The number of carbonyl (C=O) groups excluding carboxylic acids is 1. The van der Waals surface area contributed by atoms with Gasteiger partial charge in [-0.1, -0.05) is 12.1 Å². The van der Waals surface area contributed by atoms with Crippen molar-refractivity contribution in [3.63, 3.8) is 0 Å². The maximum absolute atomic E-state index is 12.6. The first-order valence-electron chi connectivity index (χ1n) is 7.93. The lowest BCUT2D eigenvalue weighted by atomic mass is 10.0. The smallest absolute Gasteiger partial charge is 0.276 e. The van der Waals surface area contributed by atoms with Crippen molar-refractivity contribution in [2.75, 3.05) is 6.54 Å². The van der Waals surface area contributed by atoms with Crippen LogP contribution in [0.1, 0.15) is 48.0 Å². The average molecular weight is 299 g/mol. The van der Waals surface area contributed by atoms with E-state index in [1.165, 1.54) is 5.56 Å². The Labute approximate surface area is 130 Å². The summed E-state index contributed by atoms with van der Waals surface area (Å²) in [6.07, 6.45) is 8.46. The van der Waals surface area contributed by atoms with Gasteiger partial charge in [-0.3, -0.25) is 9.78 Å². The summed E-state index contributed by atoms with van der Waals surface area (Å²) in [6.45, 7) is 2.80. The Morgan fingerprint density at radius 2 is 2.23 bits per heavy atom. The van der Waals surface area contributed by atoms with Gasteiger partial charge in [0.1, 0.15) is 5.76 Å². The van der Waals surface area contributed by atoms with Gasteiger partial charge in [0.2, 0.25) is 0 Å². The number of amides is 1. The summed E-state index contributed by atoms with van der Waals surface area (Å²) in [5.41, 5.74) is 1.71. The van der Waals surface area contributed by atoms with E-state index in [0.29, 0.717) is 11.7 Å². The third-order valence-corrected chi connectivity index (χ3v) is 4.28. The van der Waals surface area contributed by atoms with Gasteiger partial charge in [-0.05, 0) is 43.4 Å². The molecule has 1 fully saturated rings. The Morgan fingerprint density at radius 3 is 2.95 bits per heavy atom. The average Bonchev–Trinajstić information content (AvgIpc) is 3.22. The maximum atomic E-state index is 12.6. The molecule has 2 aromatic rings. The van der Waals surface area contributed by atoms with E-state index < -0.39 is 0 Å². The highest BCUT2D eigenvalue weighted by Crippen LogP contribution is 2.24. The summed E-state index contributed by atoms with van der Waals surface area (Å²) in [7, 11) is 0. The number of likely N-dealkylation sites (tertiary alicyclic amines) is 1. The summed E-state index contributed by atoms with van der Waals surface area (Å²) in [5, 5.41) is 3.91. The molecular weight excluding hydrogens is 278 g/mol. The van der Waals surface area contributed by atoms with Gasteiger partial charge < -0.3 is 9.42 Å². The molecule has 0 aliphatic carbocycles. The number of pyridine rings is 1. The Kier molecular flexibility index (Phi) is 4.51. The van der Waals surface area contributed by atoms with Crippen LogP contribution in [0.25, 0.3) is 0 Å². The highest BCUT2D eigenvalue weighted by Gasteiger charge is 2.30. The van der Waals surface area contributed by atoms with Crippen molar-refractivity contribution in [3.05, 3.63) is 47.6 Å². The largest absolute Gasteiger partial charge is 0.361 e. The second-order valence-corrected chi connectivity index (χ2v) is 5.72. The number of hydrogen-bond donors (Lipinski definition) is 0. The number of carbonyl (C=O) groups is 1. The highest BCUT2D eigenvalue weighted by molar-refractivity contribution is 5.92. The Bertz CT molecular complexity index is 624. The Hall–Kier alpha value is -2.17. The molecule has 0 radical (unpaired) electrons. The van der Waals surface area contributed by atoms with E-state index in [2.05, 4.69) is 10.1 Å². The molecule has 0 spiro atoms. The van der Waals surface area contributed by atoms with Gasteiger partial charge in [0.15, 0.2) is 5.69 Å². The molecule has 116 valence electrons. The van der Waals surface area contributed by atoms with Crippen LogP contribution in [0.4, 0.5) is 0 Å². The monoisotopic (exact) mass is 299 g/mol. The zero-order chi connectivity index (χ0) is 15.4. The summed E-state index contributed by atoms with van der Waals surface area (Å²) < 4.78 is 5.15. The first-order chi connectivity index (χ1) is 10.8. The zero-order valence-electron chi connectivity index (χ0n) is 12.9. The molecule has 0 aromatic carbocycles. The summed E-state index contributed by atoms with van der Waals surface area (Å²) in [4.78, 5) is 18.6. The van der Waals surface area contributed by atoms with E-state index >= 15 is 0 Å².